The monoisotopic (exact) mass is 642 g/mol. The largest absolute Gasteiger partial charge is 0.466 e. The molecule has 0 saturated carbocycles. The van der Waals surface area contributed by atoms with Gasteiger partial charge < -0.3 is 19.5 Å². The van der Waals surface area contributed by atoms with Gasteiger partial charge in [-0.3, -0.25) is 14.5 Å². The Labute approximate surface area is 252 Å². The van der Waals surface area contributed by atoms with E-state index in [1.165, 1.54) is 19.1 Å². The SMILES string of the molecule is CCOC(=O)C1=C(COCCN2C(=O)c3ccccc3C2=O)NC(CF)=C(C(=O)OC)C1c1c(F)ccc(Cl)c1C(F)(F)F. The molecular weight excluding hydrogens is 619 g/mol. The van der Waals surface area contributed by atoms with Gasteiger partial charge in [-0.1, -0.05) is 23.7 Å². The van der Waals surface area contributed by atoms with Crippen molar-refractivity contribution in [3.8, 4) is 0 Å². The molecule has 1 unspecified atom stereocenters. The average Bonchev–Trinajstić information content (AvgIpc) is 3.23. The Morgan fingerprint density at radius 2 is 1.61 bits per heavy atom. The summed E-state index contributed by atoms with van der Waals surface area (Å²) < 4.78 is 87.9. The minimum Gasteiger partial charge on any atom is -0.466 e. The second-order valence-corrected chi connectivity index (χ2v) is 9.77. The van der Waals surface area contributed by atoms with Crippen LogP contribution in [-0.2, 0) is 30.0 Å². The van der Waals surface area contributed by atoms with E-state index in [0.29, 0.717) is 12.1 Å². The predicted molar refractivity (Wildman–Crippen MR) is 144 cm³/mol. The summed E-state index contributed by atoms with van der Waals surface area (Å²) in [5.74, 6) is -7.46. The number of benzene rings is 2. The number of alkyl halides is 4. The maximum atomic E-state index is 15.4. The van der Waals surface area contributed by atoms with Crippen LogP contribution in [0.5, 0.6) is 0 Å². The maximum Gasteiger partial charge on any atom is 0.418 e. The van der Waals surface area contributed by atoms with Crippen LogP contribution >= 0.6 is 11.6 Å². The highest BCUT2D eigenvalue weighted by atomic mass is 35.5. The van der Waals surface area contributed by atoms with Crippen LogP contribution in [0.3, 0.4) is 0 Å². The van der Waals surface area contributed by atoms with Crippen LogP contribution in [0.15, 0.2) is 58.9 Å². The molecule has 1 atom stereocenters. The molecule has 2 aromatic rings. The third-order valence-corrected chi connectivity index (χ3v) is 7.18. The summed E-state index contributed by atoms with van der Waals surface area (Å²) in [5, 5.41) is 1.54. The lowest BCUT2D eigenvalue weighted by Gasteiger charge is -2.33. The molecular formula is C29H24ClF5N2O7. The molecule has 2 heterocycles. The van der Waals surface area contributed by atoms with Crippen molar-refractivity contribution in [1.82, 2.24) is 10.2 Å². The molecule has 9 nitrogen and oxygen atoms in total. The lowest BCUT2D eigenvalue weighted by atomic mass is 9.78. The first-order valence-corrected chi connectivity index (χ1v) is 13.4. The highest BCUT2D eigenvalue weighted by Crippen LogP contribution is 2.48. The normalized spacial score (nSPS) is 16.7. The summed E-state index contributed by atoms with van der Waals surface area (Å²) in [6, 6.07) is 7.40. The lowest BCUT2D eigenvalue weighted by molar-refractivity contribution is -0.141. The number of fused-ring (bicyclic) bond motifs is 1. The Morgan fingerprint density at radius 3 is 2.16 bits per heavy atom. The molecule has 234 valence electrons. The number of dihydropyridines is 1. The van der Waals surface area contributed by atoms with Crippen molar-refractivity contribution < 1.29 is 55.3 Å². The number of methoxy groups -OCH3 is 1. The van der Waals surface area contributed by atoms with Crippen molar-refractivity contribution in [3.05, 3.63) is 92.0 Å². The van der Waals surface area contributed by atoms with Gasteiger partial charge in [0.05, 0.1) is 83.6 Å². The first-order valence-electron chi connectivity index (χ1n) is 13.0. The number of carbonyl (C=O) groups excluding carboxylic acids is 4. The van der Waals surface area contributed by atoms with Gasteiger partial charge in [-0.15, -0.1) is 0 Å². The number of rotatable bonds is 10. The van der Waals surface area contributed by atoms with Crippen LogP contribution in [0.1, 0.15) is 44.7 Å². The van der Waals surface area contributed by atoms with Crippen molar-refractivity contribution in [3.63, 3.8) is 0 Å². The van der Waals surface area contributed by atoms with Crippen LogP contribution in [-0.4, -0.2) is 68.8 Å². The van der Waals surface area contributed by atoms with E-state index in [1.54, 1.807) is 12.1 Å². The van der Waals surface area contributed by atoms with Gasteiger partial charge in [0.15, 0.2) is 0 Å². The van der Waals surface area contributed by atoms with Crippen molar-refractivity contribution in [1.29, 1.82) is 0 Å². The molecule has 4 rings (SSSR count). The first kappa shape index (κ1) is 32.6. The van der Waals surface area contributed by atoms with Gasteiger partial charge in [0.2, 0.25) is 0 Å². The zero-order chi connectivity index (χ0) is 32.3. The van der Waals surface area contributed by atoms with Gasteiger partial charge in [0, 0.05) is 5.56 Å². The molecule has 0 bridgehead atoms. The van der Waals surface area contributed by atoms with Crippen LogP contribution in [0.2, 0.25) is 5.02 Å². The number of amides is 2. The smallest absolute Gasteiger partial charge is 0.418 e. The third kappa shape index (κ3) is 6.04. The number of ether oxygens (including phenoxy) is 3. The summed E-state index contributed by atoms with van der Waals surface area (Å²) in [6.45, 7) is -1.57. The van der Waals surface area contributed by atoms with Crippen LogP contribution in [0.4, 0.5) is 22.0 Å². The van der Waals surface area contributed by atoms with Gasteiger partial charge in [-0.2, -0.15) is 13.2 Å². The number of hydrogen-bond donors (Lipinski definition) is 1. The minimum atomic E-state index is -5.28. The summed E-state index contributed by atoms with van der Waals surface area (Å²) >= 11 is 5.86. The van der Waals surface area contributed by atoms with Gasteiger partial charge in [0.25, 0.3) is 11.8 Å². The fourth-order valence-electron chi connectivity index (χ4n) is 5.03. The molecule has 2 aliphatic heterocycles. The molecule has 0 radical (unpaired) electrons. The molecule has 0 fully saturated rings. The van der Waals surface area contributed by atoms with Crippen molar-refractivity contribution in [2.24, 2.45) is 0 Å². The molecule has 1 N–H and O–H groups in total. The lowest BCUT2D eigenvalue weighted by Crippen LogP contribution is -2.38. The molecule has 2 aromatic carbocycles. The van der Waals surface area contributed by atoms with E-state index in [2.05, 4.69) is 10.1 Å². The van der Waals surface area contributed by atoms with E-state index in [9.17, 15) is 36.7 Å². The predicted octanol–water partition coefficient (Wildman–Crippen LogP) is 4.71. The summed E-state index contributed by atoms with van der Waals surface area (Å²) in [4.78, 5) is 52.3. The second-order valence-electron chi connectivity index (χ2n) is 9.36. The second kappa shape index (κ2) is 13.1. The zero-order valence-corrected chi connectivity index (χ0v) is 23.9. The maximum absolute atomic E-state index is 15.4. The summed E-state index contributed by atoms with van der Waals surface area (Å²) in [5.41, 5.74) is -5.04. The van der Waals surface area contributed by atoms with E-state index in [-0.39, 0.29) is 36.6 Å². The van der Waals surface area contributed by atoms with E-state index in [1.807, 2.05) is 0 Å². The molecule has 2 amide bonds. The molecule has 44 heavy (non-hydrogen) atoms. The minimum absolute atomic E-state index is 0.193. The number of carbonyl (C=O) groups is 4. The Kier molecular flexibility index (Phi) is 9.74. The number of allylic oxidation sites excluding steroid dienone is 1. The number of nitrogens with zero attached hydrogens (tertiary/aromatic N) is 1. The Hall–Kier alpha value is -4.30. The molecule has 15 heteroatoms. The van der Waals surface area contributed by atoms with Gasteiger partial charge in [-0.05, 0) is 31.2 Å². The number of esters is 2. The molecule has 0 saturated heterocycles. The average molecular weight is 643 g/mol. The first-order chi connectivity index (χ1) is 20.9. The van der Waals surface area contributed by atoms with Gasteiger partial charge >= 0.3 is 18.1 Å². The molecule has 0 aromatic heterocycles. The van der Waals surface area contributed by atoms with Crippen molar-refractivity contribution in [2.45, 2.75) is 19.0 Å². The molecule has 0 aliphatic carbocycles. The van der Waals surface area contributed by atoms with Crippen LogP contribution in [0, 0.1) is 5.82 Å². The van der Waals surface area contributed by atoms with E-state index >= 15 is 4.39 Å². The Morgan fingerprint density at radius 1 is 1.00 bits per heavy atom. The summed E-state index contributed by atoms with van der Waals surface area (Å²) in [7, 11) is 0.868. The topological polar surface area (TPSA) is 111 Å². The highest BCUT2D eigenvalue weighted by molar-refractivity contribution is 6.31. The molecule has 0 spiro atoms. The fraction of sp³-hybridized carbons (Fsp3) is 0.310. The van der Waals surface area contributed by atoms with E-state index in [0.717, 1.165) is 12.0 Å². The number of hydrogen-bond acceptors (Lipinski definition) is 8. The van der Waals surface area contributed by atoms with Gasteiger partial charge in [0.1, 0.15) is 12.5 Å². The quantitative estimate of drug-likeness (QED) is 0.172. The highest BCUT2D eigenvalue weighted by Gasteiger charge is 2.47. The zero-order valence-electron chi connectivity index (χ0n) is 23.1. The number of nitrogens with one attached hydrogen (secondary N) is 1. The van der Waals surface area contributed by atoms with Crippen LogP contribution < -0.4 is 5.32 Å². The fourth-order valence-corrected chi connectivity index (χ4v) is 5.30. The van der Waals surface area contributed by atoms with Gasteiger partial charge in [-0.25, -0.2) is 18.4 Å². The standard InChI is InChI=1S/C29H24ClF5N2O7/c1-3-44-28(41)22-19(13-43-11-10-37-25(38)14-6-4-5-7-15(14)26(37)39)36-18(12-31)21(27(40)42-2)23(22)20-17(32)9-8-16(30)24(20)29(33,34)35/h4-9,23,36H,3,10-13H2,1-2H3. The third-order valence-electron chi connectivity index (χ3n) is 6.86. The van der Waals surface area contributed by atoms with E-state index in [4.69, 9.17) is 21.1 Å². The summed E-state index contributed by atoms with van der Waals surface area (Å²) in [6.07, 6.45) is -5.28. The van der Waals surface area contributed by atoms with Crippen molar-refractivity contribution >= 4 is 35.4 Å². The molecule has 2 aliphatic rings. The number of imide groups is 1. The Bertz CT molecular complexity index is 1550. The number of halogens is 6. The van der Waals surface area contributed by atoms with Crippen molar-refractivity contribution in [2.75, 3.05) is 40.1 Å². The van der Waals surface area contributed by atoms with E-state index < -0.39 is 87.9 Å². The van der Waals surface area contributed by atoms with Crippen LogP contribution in [0.25, 0.3) is 0 Å². The Balaban J connectivity index is 1.77.